The van der Waals surface area contributed by atoms with Crippen LogP contribution in [-0.4, -0.2) is 67.8 Å². The molecule has 4 aromatic rings. The Labute approximate surface area is 214 Å². The van der Waals surface area contributed by atoms with E-state index in [9.17, 15) is 4.79 Å². The van der Waals surface area contributed by atoms with Gasteiger partial charge < -0.3 is 9.64 Å². The Bertz CT molecular complexity index is 1410. The Morgan fingerprint density at radius 1 is 1.06 bits per heavy atom. The molecule has 9 heteroatoms. The van der Waals surface area contributed by atoms with Crippen molar-refractivity contribution in [2.45, 2.75) is 25.4 Å². The molecule has 1 aromatic carbocycles. The van der Waals surface area contributed by atoms with Crippen LogP contribution >= 0.6 is 11.6 Å². The third kappa shape index (κ3) is 4.31. The van der Waals surface area contributed by atoms with E-state index in [0.29, 0.717) is 28.3 Å². The van der Waals surface area contributed by atoms with Gasteiger partial charge >= 0.3 is 0 Å². The van der Waals surface area contributed by atoms with E-state index in [-0.39, 0.29) is 11.9 Å². The van der Waals surface area contributed by atoms with E-state index in [0.717, 1.165) is 56.0 Å². The first-order valence-electron chi connectivity index (χ1n) is 12.2. The van der Waals surface area contributed by atoms with E-state index in [1.807, 2.05) is 47.5 Å². The number of hydrogen-bond acceptors (Lipinski definition) is 6. The second-order valence-corrected chi connectivity index (χ2v) is 9.95. The summed E-state index contributed by atoms with van der Waals surface area (Å²) in [7, 11) is 1.57. The van der Waals surface area contributed by atoms with Crippen LogP contribution in [0.1, 0.15) is 29.0 Å². The van der Waals surface area contributed by atoms with Gasteiger partial charge in [0, 0.05) is 61.3 Å². The summed E-state index contributed by atoms with van der Waals surface area (Å²) in [5.41, 5.74) is 3.45. The number of imidazole rings is 1. The van der Waals surface area contributed by atoms with Crippen LogP contribution in [0.3, 0.4) is 0 Å². The molecule has 2 atom stereocenters. The molecule has 0 N–H and O–H groups in total. The van der Waals surface area contributed by atoms with Gasteiger partial charge in [-0.1, -0.05) is 29.8 Å². The lowest BCUT2D eigenvalue weighted by molar-refractivity contribution is 0.0578. The fourth-order valence-electron chi connectivity index (χ4n) is 5.49. The molecule has 0 spiro atoms. The molecule has 3 aromatic heterocycles. The van der Waals surface area contributed by atoms with E-state index in [1.54, 1.807) is 25.4 Å². The summed E-state index contributed by atoms with van der Waals surface area (Å²) in [5.74, 6) is 1.52. The number of nitrogens with zero attached hydrogens (tertiary/aromatic N) is 6. The van der Waals surface area contributed by atoms with Crippen LogP contribution in [-0.2, 0) is 6.54 Å². The number of methoxy groups -OCH3 is 1. The van der Waals surface area contributed by atoms with E-state index in [4.69, 9.17) is 21.3 Å². The van der Waals surface area contributed by atoms with Gasteiger partial charge in [-0.2, -0.15) is 0 Å². The monoisotopic (exact) mass is 502 g/mol. The molecule has 0 radical (unpaired) electrons. The van der Waals surface area contributed by atoms with E-state index >= 15 is 0 Å². The largest absolute Gasteiger partial charge is 0.481 e. The maximum absolute atomic E-state index is 13.4. The van der Waals surface area contributed by atoms with Crippen molar-refractivity contribution in [3.8, 4) is 17.1 Å². The van der Waals surface area contributed by atoms with Crippen molar-refractivity contribution in [2.24, 2.45) is 5.92 Å². The SMILES string of the molecule is COc1cccc(C(=O)N2CC3CCC2CN(Cc2c(-c4ccc(Cl)cc4)nc4ncccn24)C3)n1. The molecule has 2 unspecified atom stereocenters. The number of rotatable bonds is 5. The van der Waals surface area contributed by atoms with E-state index in [1.165, 1.54) is 0 Å². The molecule has 3 saturated heterocycles. The predicted molar refractivity (Wildman–Crippen MR) is 137 cm³/mol. The predicted octanol–water partition coefficient (Wildman–Crippen LogP) is 4.19. The number of fused-ring (bicyclic) bond motifs is 5. The summed E-state index contributed by atoms with van der Waals surface area (Å²) in [6.45, 7) is 3.20. The first kappa shape index (κ1) is 22.9. The summed E-state index contributed by atoms with van der Waals surface area (Å²) >= 11 is 6.14. The minimum absolute atomic E-state index is 0.0219. The van der Waals surface area contributed by atoms with Crippen LogP contribution in [0.5, 0.6) is 5.88 Å². The number of amides is 1. The molecule has 0 saturated carbocycles. The lowest BCUT2D eigenvalue weighted by Gasteiger charge is -2.36. The first-order chi connectivity index (χ1) is 17.6. The van der Waals surface area contributed by atoms with Crippen molar-refractivity contribution in [2.75, 3.05) is 26.7 Å². The van der Waals surface area contributed by atoms with Gasteiger partial charge in [0.1, 0.15) is 5.69 Å². The van der Waals surface area contributed by atoms with Crippen molar-refractivity contribution in [3.05, 3.63) is 77.3 Å². The highest BCUT2D eigenvalue weighted by Crippen LogP contribution is 2.32. The molecule has 36 heavy (non-hydrogen) atoms. The summed E-state index contributed by atoms with van der Waals surface area (Å²) in [6.07, 6.45) is 5.89. The molecule has 6 heterocycles. The van der Waals surface area contributed by atoms with Gasteiger partial charge in [0.25, 0.3) is 5.91 Å². The van der Waals surface area contributed by atoms with Crippen molar-refractivity contribution in [3.63, 3.8) is 0 Å². The molecular weight excluding hydrogens is 476 g/mol. The summed E-state index contributed by atoms with van der Waals surface area (Å²) < 4.78 is 7.30. The number of hydrogen-bond donors (Lipinski definition) is 0. The quantitative estimate of drug-likeness (QED) is 0.407. The Balaban J connectivity index is 1.29. The topological polar surface area (TPSA) is 75.9 Å². The highest BCUT2D eigenvalue weighted by molar-refractivity contribution is 6.30. The minimum Gasteiger partial charge on any atom is -0.481 e. The summed E-state index contributed by atoms with van der Waals surface area (Å²) in [5, 5.41) is 0.696. The Morgan fingerprint density at radius 2 is 1.92 bits per heavy atom. The van der Waals surface area contributed by atoms with Gasteiger partial charge in [-0.3, -0.25) is 14.1 Å². The fraction of sp³-hybridized carbons (Fsp3) is 0.333. The number of piperidine rings is 1. The fourth-order valence-corrected chi connectivity index (χ4v) is 5.61. The second kappa shape index (κ2) is 9.52. The third-order valence-corrected chi connectivity index (χ3v) is 7.45. The van der Waals surface area contributed by atoms with Gasteiger partial charge in [-0.05, 0) is 43.0 Å². The van der Waals surface area contributed by atoms with Crippen LogP contribution in [0.4, 0.5) is 0 Å². The zero-order valence-electron chi connectivity index (χ0n) is 20.0. The van der Waals surface area contributed by atoms with Crippen molar-refractivity contribution < 1.29 is 9.53 Å². The Hall–Kier alpha value is -3.49. The maximum atomic E-state index is 13.4. The number of ether oxygens (including phenoxy) is 1. The average molecular weight is 503 g/mol. The lowest BCUT2D eigenvalue weighted by Crippen LogP contribution is -2.47. The highest BCUT2D eigenvalue weighted by atomic mass is 35.5. The maximum Gasteiger partial charge on any atom is 0.272 e. The smallest absolute Gasteiger partial charge is 0.272 e. The molecule has 3 fully saturated rings. The Kier molecular flexibility index (Phi) is 6.07. The Morgan fingerprint density at radius 3 is 2.75 bits per heavy atom. The van der Waals surface area contributed by atoms with Crippen LogP contribution in [0.15, 0.2) is 60.9 Å². The number of pyridine rings is 1. The standard InChI is InChI=1S/C27H27ClN6O2/c1-36-24-5-2-4-22(30-24)26(35)34-15-18-6-11-21(34)16-32(14-18)17-23-25(19-7-9-20(28)10-8-19)31-27-29-12-3-13-33(23)27/h2-5,7-10,12-13,18,21H,6,11,14-17H2,1H3. The number of benzene rings is 1. The molecule has 7 rings (SSSR count). The zero-order chi connectivity index (χ0) is 24.6. The van der Waals surface area contributed by atoms with Crippen LogP contribution < -0.4 is 4.74 Å². The normalized spacial score (nSPS) is 20.0. The van der Waals surface area contributed by atoms with Gasteiger partial charge in [0.05, 0.1) is 18.5 Å². The van der Waals surface area contributed by atoms with Gasteiger partial charge in [0.2, 0.25) is 11.7 Å². The zero-order valence-corrected chi connectivity index (χ0v) is 20.8. The van der Waals surface area contributed by atoms with Crippen LogP contribution in [0.2, 0.25) is 5.02 Å². The number of carbonyl (C=O) groups is 1. The van der Waals surface area contributed by atoms with E-state index < -0.39 is 0 Å². The molecule has 1 amide bonds. The van der Waals surface area contributed by atoms with Gasteiger partial charge in [-0.25, -0.2) is 15.0 Å². The van der Waals surface area contributed by atoms with Crippen LogP contribution in [0.25, 0.3) is 17.0 Å². The average Bonchev–Trinajstić information content (AvgIpc) is 3.04. The van der Waals surface area contributed by atoms with Crippen molar-refractivity contribution in [1.29, 1.82) is 0 Å². The van der Waals surface area contributed by atoms with Gasteiger partial charge in [-0.15, -0.1) is 0 Å². The van der Waals surface area contributed by atoms with E-state index in [2.05, 4.69) is 19.3 Å². The highest BCUT2D eigenvalue weighted by Gasteiger charge is 2.38. The van der Waals surface area contributed by atoms with Crippen LogP contribution in [0, 0.1) is 5.92 Å². The molecule has 3 aliphatic heterocycles. The molecule has 2 bridgehead atoms. The molecular formula is C27H27ClN6O2. The first-order valence-corrected chi connectivity index (χ1v) is 12.6. The molecule has 3 aliphatic rings. The molecule has 0 aliphatic carbocycles. The molecule has 184 valence electrons. The summed E-state index contributed by atoms with van der Waals surface area (Å²) in [6, 6.07) is 15.2. The number of aromatic nitrogens is 4. The number of carbonyl (C=O) groups excluding carboxylic acids is 1. The summed E-state index contributed by atoms with van der Waals surface area (Å²) in [4.78, 5) is 31.6. The van der Waals surface area contributed by atoms with Crippen molar-refractivity contribution >= 4 is 23.3 Å². The second-order valence-electron chi connectivity index (χ2n) is 9.52. The number of halogens is 1. The minimum atomic E-state index is -0.0219. The lowest BCUT2D eigenvalue weighted by atomic mass is 9.94. The van der Waals surface area contributed by atoms with Crippen molar-refractivity contribution in [1.82, 2.24) is 29.2 Å². The molecule has 8 nitrogen and oxygen atoms in total. The third-order valence-electron chi connectivity index (χ3n) is 7.20. The van der Waals surface area contributed by atoms with Gasteiger partial charge in [0.15, 0.2) is 0 Å².